The lowest BCUT2D eigenvalue weighted by atomic mass is 10.00. The lowest BCUT2D eigenvalue weighted by molar-refractivity contribution is 0.0359. The fourth-order valence-corrected chi connectivity index (χ4v) is 3.60. The maximum Gasteiger partial charge on any atom is 0.257 e. The zero-order chi connectivity index (χ0) is 12.6. The average Bonchev–Trinajstić information content (AvgIpc) is 2.21. The summed E-state index contributed by atoms with van der Waals surface area (Å²) in [6, 6.07) is 3.51. The van der Waals surface area contributed by atoms with Gasteiger partial charge in [0.1, 0.15) is 5.75 Å². The molecule has 0 unspecified atom stereocenters. The highest BCUT2D eigenvalue weighted by molar-refractivity contribution is 14.1. The predicted octanol–water partition coefficient (Wildman–Crippen LogP) is 1.67. The van der Waals surface area contributed by atoms with Crippen LogP contribution in [0.4, 0.5) is 0 Å². The number of benzene rings is 1. The van der Waals surface area contributed by atoms with Crippen molar-refractivity contribution in [2.75, 3.05) is 19.7 Å². The Hall–Kier alpha value is -0.0900. The van der Waals surface area contributed by atoms with Crippen LogP contribution in [0.2, 0.25) is 0 Å². The maximum atomic E-state index is 12.1. The lowest BCUT2D eigenvalue weighted by Gasteiger charge is -2.38. The number of aliphatic hydroxyl groups excluding tert-OH is 1. The van der Waals surface area contributed by atoms with Crippen molar-refractivity contribution in [2.24, 2.45) is 5.92 Å². The first-order valence-electron chi connectivity index (χ1n) is 5.11. The molecule has 0 aromatic heterocycles. The van der Waals surface area contributed by atoms with E-state index in [0.29, 0.717) is 22.2 Å². The predicted molar refractivity (Wildman–Crippen MR) is 80.0 cm³/mol. The number of hydrogen-bond acceptors (Lipinski definition) is 3. The first-order chi connectivity index (χ1) is 8.02. The molecule has 17 heavy (non-hydrogen) atoms. The van der Waals surface area contributed by atoms with Crippen molar-refractivity contribution in [2.45, 2.75) is 0 Å². The Kier molecular flexibility index (Phi) is 4.14. The zero-order valence-corrected chi connectivity index (χ0v) is 13.2. The number of aliphatic hydroxyl groups is 1. The summed E-state index contributed by atoms with van der Waals surface area (Å²) in [5.74, 6) is 0.0649. The van der Waals surface area contributed by atoms with Crippen molar-refractivity contribution in [3.05, 3.63) is 24.8 Å². The molecule has 1 heterocycles. The molecule has 1 aliphatic rings. The van der Waals surface area contributed by atoms with Crippen molar-refractivity contribution in [1.29, 1.82) is 0 Å². The van der Waals surface area contributed by atoms with Crippen molar-refractivity contribution < 1.29 is 15.0 Å². The van der Waals surface area contributed by atoms with E-state index >= 15 is 0 Å². The Labute approximate surface area is 126 Å². The van der Waals surface area contributed by atoms with Gasteiger partial charge in [-0.15, -0.1) is 0 Å². The normalized spacial score (nSPS) is 15.8. The van der Waals surface area contributed by atoms with Gasteiger partial charge >= 0.3 is 0 Å². The number of phenolic OH excluding ortho intramolecular Hbond substituents is 1. The van der Waals surface area contributed by atoms with Gasteiger partial charge in [-0.25, -0.2) is 0 Å². The van der Waals surface area contributed by atoms with Gasteiger partial charge in [-0.1, -0.05) is 0 Å². The van der Waals surface area contributed by atoms with Crippen molar-refractivity contribution >= 4 is 51.1 Å². The molecule has 6 heteroatoms. The zero-order valence-electron chi connectivity index (χ0n) is 8.86. The molecule has 0 saturated carbocycles. The van der Waals surface area contributed by atoms with Crippen LogP contribution in [0.1, 0.15) is 10.4 Å². The van der Waals surface area contributed by atoms with Crippen LogP contribution in [0.5, 0.6) is 5.75 Å². The molecule has 0 radical (unpaired) electrons. The number of nitrogens with zero attached hydrogens (tertiary/aromatic N) is 1. The van der Waals surface area contributed by atoms with E-state index in [-0.39, 0.29) is 24.2 Å². The number of rotatable bonds is 2. The van der Waals surface area contributed by atoms with Gasteiger partial charge in [0, 0.05) is 29.2 Å². The third-order valence-corrected chi connectivity index (χ3v) is 4.21. The molecular formula is C11H11I2NO3. The van der Waals surface area contributed by atoms with Gasteiger partial charge in [-0.05, 0) is 57.3 Å². The third kappa shape index (κ3) is 2.68. The number of phenols is 1. The Morgan fingerprint density at radius 3 is 2.65 bits per heavy atom. The van der Waals surface area contributed by atoms with Crippen LogP contribution in [0.25, 0.3) is 0 Å². The Bertz CT molecular complexity index is 458. The first-order valence-corrected chi connectivity index (χ1v) is 7.26. The minimum atomic E-state index is -0.163. The van der Waals surface area contributed by atoms with Crippen molar-refractivity contribution in [3.63, 3.8) is 0 Å². The monoisotopic (exact) mass is 459 g/mol. The van der Waals surface area contributed by atoms with E-state index < -0.39 is 0 Å². The van der Waals surface area contributed by atoms with E-state index in [9.17, 15) is 9.90 Å². The number of likely N-dealkylation sites (tertiary alicyclic amines) is 1. The molecule has 2 N–H and O–H groups in total. The summed E-state index contributed by atoms with van der Waals surface area (Å²) in [4.78, 5) is 13.7. The second-order valence-electron chi connectivity index (χ2n) is 4.04. The molecular weight excluding hydrogens is 448 g/mol. The van der Waals surface area contributed by atoms with Gasteiger partial charge in [-0.3, -0.25) is 4.79 Å². The molecule has 1 aromatic carbocycles. The highest BCUT2D eigenvalue weighted by Crippen LogP contribution is 2.29. The van der Waals surface area contributed by atoms with E-state index in [2.05, 4.69) is 22.6 Å². The molecule has 0 bridgehead atoms. The fourth-order valence-electron chi connectivity index (χ4n) is 1.75. The third-order valence-electron chi connectivity index (χ3n) is 2.76. The van der Waals surface area contributed by atoms with Crippen LogP contribution in [-0.4, -0.2) is 40.7 Å². The lowest BCUT2D eigenvalue weighted by Crippen LogP contribution is -2.51. The molecule has 92 valence electrons. The molecule has 0 spiro atoms. The summed E-state index contributed by atoms with van der Waals surface area (Å²) in [7, 11) is 0. The molecule has 0 aliphatic carbocycles. The molecule has 1 saturated heterocycles. The number of amides is 1. The van der Waals surface area contributed by atoms with Crippen LogP contribution in [0, 0.1) is 13.1 Å². The molecule has 2 rings (SSSR count). The van der Waals surface area contributed by atoms with Gasteiger partial charge in [0.25, 0.3) is 5.91 Å². The minimum Gasteiger partial charge on any atom is -0.506 e. The van der Waals surface area contributed by atoms with Gasteiger partial charge in [0.15, 0.2) is 0 Å². The molecule has 1 aliphatic heterocycles. The SMILES string of the molecule is O=C(c1cc(I)cc(I)c1O)N1CC(CO)C1. The number of carbonyl (C=O) groups is 1. The van der Waals surface area contributed by atoms with Gasteiger partial charge in [-0.2, -0.15) is 0 Å². The standard InChI is InChI=1S/C11H11I2NO3/c12-7-1-8(10(16)9(13)2-7)11(17)14-3-6(4-14)5-15/h1-2,6,15-16H,3-5H2. The van der Waals surface area contributed by atoms with Gasteiger partial charge in [0.05, 0.1) is 9.13 Å². The van der Waals surface area contributed by atoms with E-state index in [0.717, 1.165) is 3.57 Å². The van der Waals surface area contributed by atoms with Crippen LogP contribution >= 0.6 is 45.2 Å². The van der Waals surface area contributed by atoms with Crippen molar-refractivity contribution in [1.82, 2.24) is 4.90 Å². The van der Waals surface area contributed by atoms with E-state index in [4.69, 9.17) is 5.11 Å². The molecule has 1 aromatic rings. The van der Waals surface area contributed by atoms with E-state index in [1.165, 1.54) is 0 Å². The average molecular weight is 459 g/mol. The largest absolute Gasteiger partial charge is 0.506 e. The minimum absolute atomic E-state index is 0.0449. The summed E-state index contributed by atoms with van der Waals surface area (Å²) >= 11 is 4.13. The molecule has 1 amide bonds. The molecule has 4 nitrogen and oxygen atoms in total. The summed E-state index contributed by atoms with van der Waals surface area (Å²) < 4.78 is 1.60. The van der Waals surface area contributed by atoms with Crippen LogP contribution in [0.3, 0.4) is 0 Å². The number of hydrogen-bond donors (Lipinski definition) is 2. The second-order valence-corrected chi connectivity index (χ2v) is 6.45. The summed E-state index contributed by atoms with van der Waals surface area (Å²) in [5, 5.41) is 18.8. The highest BCUT2D eigenvalue weighted by Gasteiger charge is 2.32. The Morgan fingerprint density at radius 1 is 1.41 bits per heavy atom. The summed E-state index contributed by atoms with van der Waals surface area (Å²) in [6.45, 7) is 1.24. The van der Waals surface area contributed by atoms with E-state index in [1.807, 2.05) is 28.7 Å². The van der Waals surface area contributed by atoms with Crippen molar-refractivity contribution in [3.8, 4) is 5.75 Å². The highest BCUT2D eigenvalue weighted by atomic mass is 127. The number of carbonyl (C=O) groups excluding carboxylic acids is 1. The quantitative estimate of drug-likeness (QED) is 0.663. The smallest absolute Gasteiger partial charge is 0.257 e. The number of aromatic hydroxyl groups is 1. The number of halogens is 2. The molecule has 1 fully saturated rings. The topological polar surface area (TPSA) is 60.8 Å². The van der Waals surface area contributed by atoms with Gasteiger partial charge in [0.2, 0.25) is 0 Å². The van der Waals surface area contributed by atoms with Crippen LogP contribution in [-0.2, 0) is 0 Å². The summed E-state index contributed by atoms with van der Waals surface area (Å²) in [5.41, 5.74) is 0.345. The van der Waals surface area contributed by atoms with Crippen LogP contribution in [0.15, 0.2) is 12.1 Å². The first kappa shape index (κ1) is 13.3. The Balaban J connectivity index is 2.20. The summed E-state index contributed by atoms with van der Waals surface area (Å²) in [6.07, 6.45) is 0. The maximum absolute atomic E-state index is 12.1. The molecule has 0 atom stereocenters. The van der Waals surface area contributed by atoms with Crippen LogP contribution < -0.4 is 0 Å². The fraction of sp³-hybridized carbons (Fsp3) is 0.364. The second kappa shape index (κ2) is 5.27. The Morgan fingerprint density at radius 2 is 2.06 bits per heavy atom. The van der Waals surface area contributed by atoms with Gasteiger partial charge < -0.3 is 15.1 Å². The van der Waals surface area contributed by atoms with E-state index in [1.54, 1.807) is 11.0 Å².